The summed E-state index contributed by atoms with van der Waals surface area (Å²) in [5.74, 6) is -1.08. The molecule has 7 heteroatoms. The molecule has 0 aromatic heterocycles. The van der Waals surface area contributed by atoms with Crippen LogP contribution in [-0.2, 0) is 25.2 Å². The second-order valence-corrected chi connectivity index (χ2v) is 0.492. The van der Waals surface area contributed by atoms with Crippen LogP contribution in [0.4, 0.5) is 0 Å². The number of carboxylic acids is 1. The van der Waals surface area contributed by atoms with E-state index in [-0.39, 0.29) is 45.0 Å². The Labute approximate surface area is 68.4 Å². The standard InChI is InChI=1S/C2H4O2.4H3N.Pd/c1-2(3)4;;;;;/h1H3,(H,3,4);4*1H3;/q;;;;;+2/p-1. The smallest absolute Gasteiger partial charge is 0.550 e. The molecule has 9 heavy (non-hydrogen) atoms. The van der Waals surface area contributed by atoms with Crippen LogP contribution < -0.4 is 29.7 Å². The van der Waals surface area contributed by atoms with Gasteiger partial charge in [0.25, 0.3) is 0 Å². The predicted octanol–water partition coefficient (Wildman–Crippen LogP) is -0.598. The Bertz CT molecular complexity index is 39.5. The molecule has 0 radical (unpaired) electrons. The summed E-state index contributed by atoms with van der Waals surface area (Å²) in [5, 5.41) is 8.89. The van der Waals surface area contributed by atoms with Gasteiger partial charge in [-0.3, -0.25) is 0 Å². The van der Waals surface area contributed by atoms with Gasteiger partial charge in [0.1, 0.15) is 0 Å². The van der Waals surface area contributed by atoms with Crippen molar-refractivity contribution in [2.75, 3.05) is 0 Å². The summed E-state index contributed by atoms with van der Waals surface area (Å²) in [7, 11) is 0. The second-order valence-electron chi connectivity index (χ2n) is 0.492. The van der Waals surface area contributed by atoms with Crippen molar-refractivity contribution in [2.45, 2.75) is 6.92 Å². The molecule has 0 saturated carbocycles. The zero-order valence-electron chi connectivity index (χ0n) is 5.46. The third kappa shape index (κ3) is 372000. The van der Waals surface area contributed by atoms with Crippen molar-refractivity contribution in [3.8, 4) is 0 Å². The summed E-state index contributed by atoms with van der Waals surface area (Å²) in [5.41, 5.74) is 0. The normalized spacial score (nSPS) is 2.78. The first-order valence-electron chi connectivity index (χ1n) is 0.908. The average molecular weight is 234 g/mol. The zero-order chi connectivity index (χ0) is 3.58. The van der Waals surface area contributed by atoms with E-state index in [4.69, 9.17) is 9.90 Å². The SMILES string of the molecule is CC(=O)[O-].N.N.N.N.[Pd+2]. The Morgan fingerprint density at radius 3 is 1.11 bits per heavy atom. The molecule has 0 atom stereocenters. The number of aliphatic carboxylic acids is 1. The van der Waals surface area contributed by atoms with E-state index in [0.717, 1.165) is 6.92 Å². The molecule has 0 saturated heterocycles. The first-order chi connectivity index (χ1) is 1.73. The van der Waals surface area contributed by atoms with Gasteiger partial charge in [-0.1, -0.05) is 0 Å². The van der Waals surface area contributed by atoms with Gasteiger partial charge in [-0.25, -0.2) is 0 Å². The van der Waals surface area contributed by atoms with Crippen LogP contribution in [0, 0.1) is 0 Å². The molecule has 0 unspecified atom stereocenters. The van der Waals surface area contributed by atoms with Gasteiger partial charge in [0, 0.05) is 5.97 Å². The van der Waals surface area contributed by atoms with Gasteiger partial charge in [-0.2, -0.15) is 0 Å². The van der Waals surface area contributed by atoms with Crippen LogP contribution in [0.25, 0.3) is 0 Å². The molecule has 0 aliphatic heterocycles. The Kier molecular flexibility index (Phi) is 315. The number of carboxylic acid groups (broad SMARTS) is 1. The van der Waals surface area contributed by atoms with Crippen LogP contribution in [0.3, 0.4) is 0 Å². The van der Waals surface area contributed by atoms with Crippen LogP contribution >= 0.6 is 0 Å². The maximum absolute atomic E-state index is 8.89. The summed E-state index contributed by atoms with van der Waals surface area (Å²) < 4.78 is 0. The predicted molar refractivity (Wildman–Crippen MR) is 30.8 cm³/mol. The molecular weight excluding hydrogens is 218 g/mol. The van der Waals surface area contributed by atoms with Crippen molar-refractivity contribution in [3.05, 3.63) is 0 Å². The van der Waals surface area contributed by atoms with E-state index in [1.807, 2.05) is 0 Å². The van der Waals surface area contributed by atoms with Crippen molar-refractivity contribution in [1.29, 1.82) is 0 Å². The topological polar surface area (TPSA) is 180 Å². The van der Waals surface area contributed by atoms with Crippen LogP contribution in [0.5, 0.6) is 0 Å². The van der Waals surface area contributed by atoms with Crippen LogP contribution in [0.1, 0.15) is 6.92 Å². The van der Waals surface area contributed by atoms with E-state index in [0.29, 0.717) is 0 Å². The molecule has 0 aromatic carbocycles. The van der Waals surface area contributed by atoms with E-state index in [1.165, 1.54) is 0 Å². The number of rotatable bonds is 0. The van der Waals surface area contributed by atoms with Gasteiger partial charge in [-0.15, -0.1) is 0 Å². The molecule has 6 nitrogen and oxygen atoms in total. The number of carbonyl (C=O) groups excluding carboxylic acids is 1. The minimum atomic E-state index is -1.08. The quantitative estimate of drug-likeness (QED) is 0.405. The van der Waals surface area contributed by atoms with Crippen LogP contribution in [0.2, 0.25) is 0 Å². The molecule has 0 aromatic rings. The molecule has 0 rings (SSSR count). The first kappa shape index (κ1) is 64.5. The number of hydrogen-bond acceptors (Lipinski definition) is 6. The monoisotopic (exact) mass is 233 g/mol. The second kappa shape index (κ2) is 43.9. The van der Waals surface area contributed by atoms with Gasteiger partial charge in [0.05, 0.1) is 0 Å². The number of carbonyl (C=O) groups is 1. The summed E-state index contributed by atoms with van der Waals surface area (Å²) in [6.45, 7) is 0.972. The van der Waals surface area contributed by atoms with Gasteiger partial charge >= 0.3 is 20.4 Å². The fourth-order valence-electron chi connectivity index (χ4n) is 0. The number of hydrogen-bond donors (Lipinski definition) is 4. The average Bonchev–Trinajstić information content (AvgIpc) is 0.811. The largest absolute Gasteiger partial charge is 2.00 e. The maximum Gasteiger partial charge on any atom is 2.00 e. The van der Waals surface area contributed by atoms with E-state index in [2.05, 4.69) is 0 Å². The summed E-state index contributed by atoms with van der Waals surface area (Å²) in [4.78, 5) is 8.89. The van der Waals surface area contributed by atoms with Gasteiger partial charge in [0.2, 0.25) is 0 Å². The molecule has 0 aliphatic rings. The molecule has 0 heterocycles. The van der Waals surface area contributed by atoms with Gasteiger partial charge in [0.15, 0.2) is 0 Å². The van der Waals surface area contributed by atoms with Crippen molar-refractivity contribution in [1.82, 2.24) is 24.6 Å². The third-order valence-corrected chi connectivity index (χ3v) is 0. The third-order valence-electron chi connectivity index (χ3n) is 0. The molecule has 0 aliphatic carbocycles. The van der Waals surface area contributed by atoms with E-state index < -0.39 is 5.97 Å². The van der Waals surface area contributed by atoms with E-state index in [1.54, 1.807) is 0 Å². The summed E-state index contributed by atoms with van der Waals surface area (Å²) in [6.07, 6.45) is 0. The van der Waals surface area contributed by atoms with E-state index >= 15 is 0 Å². The van der Waals surface area contributed by atoms with Crippen molar-refractivity contribution in [3.63, 3.8) is 0 Å². The molecule has 0 fully saturated rings. The first-order valence-corrected chi connectivity index (χ1v) is 0.908. The van der Waals surface area contributed by atoms with Gasteiger partial charge < -0.3 is 34.5 Å². The van der Waals surface area contributed by atoms with E-state index in [9.17, 15) is 0 Å². The Morgan fingerprint density at radius 1 is 1.11 bits per heavy atom. The fraction of sp³-hybridized carbons (Fsp3) is 0.500. The molecular formula is C2H15N4O2Pd+. The molecule has 0 amide bonds. The molecule has 0 bridgehead atoms. The molecule has 0 spiro atoms. The van der Waals surface area contributed by atoms with Gasteiger partial charge in [-0.05, 0) is 6.92 Å². The Balaban J connectivity index is -0.00000000450. The molecule has 12 N–H and O–H groups in total. The van der Waals surface area contributed by atoms with Crippen LogP contribution in [0.15, 0.2) is 0 Å². The summed E-state index contributed by atoms with van der Waals surface area (Å²) >= 11 is 0. The van der Waals surface area contributed by atoms with Crippen molar-refractivity contribution < 1.29 is 30.3 Å². The Morgan fingerprint density at radius 2 is 1.11 bits per heavy atom. The zero-order valence-corrected chi connectivity index (χ0v) is 7.02. The Hall–Kier alpha value is -0.0277. The van der Waals surface area contributed by atoms with Crippen molar-refractivity contribution >= 4 is 5.97 Å². The summed E-state index contributed by atoms with van der Waals surface area (Å²) in [6, 6.07) is 0. The minimum Gasteiger partial charge on any atom is -0.550 e. The fourth-order valence-corrected chi connectivity index (χ4v) is 0. The maximum atomic E-state index is 8.89. The van der Waals surface area contributed by atoms with Crippen LogP contribution in [-0.4, -0.2) is 5.97 Å². The van der Waals surface area contributed by atoms with Crippen molar-refractivity contribution in [2.24, 2.45) is 0 Å². The molecule has 64 valence electrons. The minimum absolute atomic E-state index is 0.